The van der Waals surface area contributed by atoms with E-state index < -0.39 is 0 Å². The third-order valence-electron chi connectivity index (χ3n) is 4.84. The molecule has 4 aromatic rings. The molecule has 0 saturated heterocycles. The molecule has 4 rings (SSSR count). The van der Waals surface area contributed by atoms with Gasteiger partial charge >= 0.3 is 0 Å². The minimum atomic E-state index is -0.293. The van der Waals surface area contributed by atoms with Gasteiger partial charge in [0.2, 0.25) is 5.55 Å². The molecule has 0 bridgehead atoms. The summed E-state index contributed by atoms with van der Waals surface area (Å²) in [5.74, 6) is 0.429. The van der Waals surface area contributed by atoms with Crippen molar-refractivity contribution in [2.45, 2.75) is 13.8 Å². The highest BCUT2D eigenvalue weighted by molar-refractivity contribution is 6.05. The molecule has 30 heavy (non-hydrogen) atoms. The summed E-state index contributed by atoms with van der Waals surface area (Å²) in [6.07, 6.45) is 0. The van der Waals surface area contributed by atoms with E-state index >= 15 is 0 Å². The SMILES string of the molecule is COc1ccc(NC(=O)c2cc3ccccc3oc2=Nc2cc(C)ccc2C)cc1. The van der Waals surface area contributed by atoms with E-state index in [1.165, 1.54) is 0 Å². The number of nitrogens with one attached hydrogen (secondary N) is 1. The number of ether oxygens (including phenoxy) is 1. The van der Waals surface area contributed by atoms with Gasteiger partial charge in [-0.15, -0.1) is 0 Å². The van der Waals surface area contributed by atoms with Gasteiger partial charge in [0.15, 0.2) is 0 Å². The fraction of sp³-hybridized carbons (Fsp3) is 0.120. The van der Waals surface area contributed by atoms with Gasteiger partial charge in [0.25, 0.3) is 5.91 Å². The van der Waals surface area contributed by atoms with Crippen molar-refractivity contribution in [2.24, 2.45) is 4.99 Å². The Hall–Kier alpha value is -3.86. The van der Waals surface area contributed by atoms with Gasteiger partial charge < -0.3 is 14.5 Å². The molecule has 0 unspecified atom stereocenters. The number of carbonyl (C=O) groups is 1. The Balaban J connectivity index is 1.82. The molecule has 0 radical (unpaired) electrons. The summed E-state index contributed by atoms with van der Waals surface area (Å²) in [4.78, 5) is 17.8. The van der Waals surface area contributed by atoms with E-state index in [0.717, 1.165) is 28.0 Å². The number of aryl methyl sites for hydroxylation is 2. The van der Waals surface area contributed by atoms with Gasteiger partial charge in [-0.25, -0.2) is 4.99 Å². The zero-order valence-corrected chi connectivity index (χ0v) is 17.1. The van der Waals surface area contributed by atoms with E-state index in [1.54, 1.807) is 31.4 Å². The summed E-state index contributed by atoms with van der Waals surface area (Å²) in [6, 6.07) is 22.6. The predicted molar refractivity (Wildman–Crippen MR) is 118 cm³/mol. The highest BCUT2D eigenvalue weighted by Gasteiger charge is 2.13. The third kappa shape index (κ3) is 4.10. The number of methoxy groups -OCH3 is 1. The highest BCUT2D eigenvalue weighted by Crippen LogP contribution is 2.21. The van der Waals surface area contributed by atoms with Crippen LogP contribution in [0.3, 0.4) is 0 Å². The molecule has 0 atom stereocenters. The monoisotopic (exact) mass is 398 g/mol. The van der Waals surface area contributed by atoms with Gasteiger partial charge in [0, 0.05) is 11.1 Å². The first kappa shape index (κ1) is 19.5. The normalized spacial score (nSPS) is 11.5. The average Bonchev–Trinajstić information content (AvgIpc) is 2.76. The van der Waals surface area contributed by atoms with Gasteiger partial charge in [-0.2, -0.15) is 0 Å². The number of nitrogens with zero attached hydrogens (tertiary/aromatic N) is 1. The zero-order valence-electron chi connectivity index (χ0n) is 17.1. The van der Waals surface area contributed by atoms with E-state index in [0.29, 0.717) is 16.8 Å². The van der Waals surface area contributed by atoms with Crippen LogP contribution in [0.2, 0.25) is 0 Å². The maximum atomic E-state index is 13.1. The van der Waals surface area contributed by atoms with Crippen molar-refractivity contribution in [3.8, 4) is 5.75 Å². The fourth-order valence-electron chi connectivity index (χ4n) is 3.14. The first-order chi connectivity index (χ1) is 14.5. The molecule has 0 saturated carbocycles. The van der Waals surface area contributed by atoms with Crippen LogP contribution < -0.4 is 15.6 Å². The molecule has 5 heteroatoms. The lowest BCUT2D eigenvalue weighted by molar-refractivity contribution is 0.102. The van der Waals surface area contributed by atoms with Crippen LogP contribution in [-0.4, -0.2) is 13.0 Å². The molecule has 0 aliphatic heterocycles. The maximum Gasteiger partial charge on any atom is 0.261 e. The summed E-state index contributed by atoms with van der Waals surface area (Å²) >= 11 is 0. The quantitative estimate of drug-likeness (QED) is 0.491. The van der Waals surface area contributed by atoms with Crippen molar-refractivity contribution in [1.82, 2.24) is 0 Å². The standard InChI is InChI=1S/C25H22N2O3/c1-16-8-9-17(2)22(14-16)27-25-21(15-18-6-4-5-7-23(18)30-25)24(28)26-19-10-12-20(29-3)13-11-19/h4-15H,1-3H3,(H,26,28). The summed E-state index contributed by atoms with van der Waals surface area (Å²) in [5, 5.41) is 3.74. The molecular formula is C25H22N2O3. The van der Waals surface area contributed by atoms with Crippen LogP contribution in [0.1, 0.15) is 21.5 Å². The number of rotatable bonds is 4. The van der Waals surface area contributed by atoms with Crippen molar-refractivity contribution in [1.29, 1.82) is 0 Å². The molecular weight excluding hydrogens is 376 g/mol. The number of para-hydroxylation sites is 1. The second-order valence-electron chi connectivity index (χ2n) is 7.09. The van der Waals surface area contributed by atoms with Gasteiger partial charge in [-0.1, -0.05) is 30.3 Å². The predicted octanol–water partition coefficient (Wildman–Crippen LogP) is 5.54. The second-order valence-corrected chi connectivity index (χ2v) is 7.09. The van der Waals surface area contributed by atoms with Gasteiger partial charge in [0.1, 0.15) is 16.9 Å². The second kappa shape index (κ2) is 8.25. The number of anilines is 1. The number of hydrogen-bond acceptors (Lipinski definition) is 4. The van der Waals surface area contributed by atoms with E-state index in [2.05, 4.69) is 5.32 Å². The molecule has 150 valence electrons. The molecule has 5 nitrogen and oxygen atoms in total. The van der Waals surface area contributed by atoms with Crippen molar-refractivity contribution < 1.29 is 13.9 Å². The highest BCUT2D eigenvalue weighted by atomic mass is 16.5. The van der Waals surface area contributed by atoms with Crippen molar-refractivity contribution in [3.05, 3.63) is 95.0 Å². The molecule has 0 fully saturated rings. The summed E-state index contributed by atoms with van der Waals surface area (Å²) in [5.41, 5.74) is 4.83. The van der Waals surface area contributed by atoms with Crippen LogP contribution in [0.15, 0.2) is 82.2 Å². The van der Waals surface area contributed by atoms with E-state index in [1.807, 2.05) is 62.4 Å². The maximum absolute atomic E-state index is 13.1. The minimum absolute atomic E-state index is 0.272. The Morgan fingerprint density at radius 2 is 1.73 bits per heavy atom. The van der Waals surface area contributed by atoms with Crippen LogP contribution in [0, 0.1) is 13.8 Å². The minimum Gasteiger partial charge on any atom is -0.497 e. The van der Waals surface area contributed by atoms with Crippen LogP contribution in [0.4, 0.5) is 11.4 Å². The lowest BCUT2D eigenvalue weighted by Crippen LogP contribution is -2.21. The molecule has 0 spiro atoms. The number of hydrogen-bond donors (Lipinski definition) is 1. The third-order valence-corrected chi connectivity index (χ3v) is 4.84. The number of fused-ring (bicyclic) bond motifs is 1. The first-order valence-corrected chi connectivity index (χ1v) is 9.64. The van der Waals surface area contributed by atoms with Crippen LogP contribution >= 0.6 is 0 Å². The van der Waals surface area contributed by atoms with E-state index in [-0.39, 0.29) is 11.5 Å². The number of carbonyl (C=O) groups excluding carboxylic acids is 1. The molecule has 3 aromatic carbocycles. The van der Waals surface area contributed by atoms with Crippen LogP contribution in [0.25, 0.3) is 11.0 Å². The molecule has 0 aliphatic carbocycles. The smallest absolute Gasteiger partial charge is 0.261 e. The van der Waals surface area contributed by atoms with E-state index in [9.17, 15) is 4.79 Å². The first-order valence-electron chi connectivity index (χ1n) is 9.64. The lowest BCUT2D eigenvalue weighted by atomic mass is 10.1. The Morgan fingerprint density at radius 3 is 2.50 bits per heavy atom. The summed E-state index contributed by atoms with van der Waals surface area (Å²) in [6.45, 7) is 3.99. The zero-order chi connectivity index (χ0) is 21.1. The number of benzene rings is 3. The molecule has 1 amide bonds. The summed E-state index contributed by atoms with van der Waals surface area (Å²) in [7, 11) is 1.60. The molecule has 0 aliphatic rings. The Kier molecular flexibility index (Phi) is 5.35. The van der Waals surface area contributed by atoms with Crippen molar-refractivity contribution in [2.75, 3.05) is 12.4 Å². The van der Waals surface area contributed by atoms with Crippen molar-refractivity contribution >= 4 is 28.3 Å². The van der Waals surface area contributed by atoms with Gasteiger partial charge in [-0.05, 0) is 67.4 Å². The van der Waals surface area contributed by atoms with Crippen LogP contribution in [0.5, 0.6) is 5.75 Å². The largest absolute Gasteiger partial charge is 0.497 e. The summed E-state index contributed by atoms with van der Waals surface area (Å²) < 4.78 is 11.2. The Labute approximate surface area is 174 Å². The van der Waals surface area contributed by atoms with E-state index in [4.69, 9.17) is 14.1 Å². The topological polar surface area (TPSA) is 63.8 Å². The number of amides is 1. The van der Waals surface area contributed by atoms with Gasteiger partial charge in [-0.3, -0.25) is 4.79 Å². The Morgan fingerprint density at radius 1 is 0.967 bits per heavy atom. The lowest BCUT2D eigenvalue weighted by Gasteiger charge is -2.08. The van der Waals surface area contributed by atoms with Gasteiger partial charge in [0.05, 0.1) is 12.8 Å². The Bertz CT molecular complexity index is 1290. The molecule has 1 aromatic heterocycles. The molecule has 1 heterocycles. The average molecular weight is 398 g/mol. The fourth-order valence-corrected chi connectivity index (χ4v) is 3.14. The molecule has 1 N–H and O–H groups in total. The van der Waals surface area contributed by atoms with Crippen molar-refractivity contribution in [3.63, 3.8) is 0 Å². The van der Waals surface area contributed by atoms with Crippen LogP contribution in [-0.2, 0) is 0 Å².